The number of ether oxygens (including phenoxy) is 1. The molecule has 0 fully saturated rings. The van der Waals surface area contributed by atoms with Crippen LogP contribution in [0.5, 0.6) is 0 Å². The van der Waals surface area contributed by atoms with Crippen molar-refractivity contribution in [3.05, 3.63) is 30.8 Å². The van der Waals surface area contributed by atoms with Crippen molar-refractivity contribution < 1.29 is 4.74 Å². The molecule has 0 aliphatic heterocycles. The molecule has 0 radical (unpaired) electrons. The van der Waals surface area contributed by atoms with Crippen LogP contribution in [0.4, 0.5) is 0 Å². The Morgan fingerprint density at radius 2 is 2.50 bits per heavy atom. The summed E-state index contributed by atoms with van der Waals surface area (Å²) in [6.45, 7) is 5.96. The van der Waals surface area contributed by atoms with Crippen LogP contribution in [0.15, 0.2) is 25.2 Å². The third-order valence-corrected chi connectivity index (χ3v) is 1.92. The fourth-order valence-corrected chi connectivity index (χ4v) is 1.24. The lowest BCUT2D eigenvalue weighted by Crippen LogP contribution is -2.21. The van der Waals surface area contributed by atoms with Gasteiger partial charge in [0, 0.05) is 31.9 Å². The van der Waals surface area contributed by atoms with Crippen LogP contribution >= 0.6 is 0 Å². The molecule has 0 atom stereocenters. The standard InChI is InChI=1S/C10H17N3O/c1-4-14-6-5-12(2)8-10-7-11-13(3)9-10/h4,7,9H,1,5-6,8H2,2-3H3. The summed E-state index contributed by atoms with van der Waals surface area (Å²) in [5.41, 5.74) is 1.22. The van der Waals surface area contributed by atoms with Gasteiger partial charge in [-0.25, -0.2) is 0 Å². The van der Waals surface area contributed by atoms with Crippen LogP contribution in [0.3, 0.4) is 0 Å². The van der Waals surface area contributed by atoms with Crippen LogP contribution in [0.1, 0.15) is 5.56 Å². The van der Waals surface area contributed by atoms with Crippen molar-refractivity contribution in [3.63, 3.8) is 0 Å². The van der Waals surface area contributed by atoms with Crippen LogP contribution < -0.4 is 0 Å². The summed E-state index contributed by atoms with van der Waals surface area (Å²) < 4.78 is 6.86. The Balaban J connectivity index is 2.26. The molecule has 4 nitrogen and oxygen atoms in total. The number of rotatable bonds is 6. The van der Waals surface area contributed by atoms with Crippen molar-refractivity contribution >= 4 is 0 Å². The topological polar surface area (TPSA) is 30.3 Å². The van der Waals surface area contributed by atoms with Gasteiger partial charge in [-0.15, -0.1) is 0 Å². The van der Waals surface area contributed by atoms with E-state index in [0.29, 0.717) is 6.61 Å². The van der Waals surface area contributed by atoms with E-state index in [2.05, 4.69) is 23.6 Å². The van der Waals surface area contributed by atoms with E-state index in [4.69, 9.17) is 4.74 Å². The molecule has 0 bridgehead atoms. The summed E-state index contributed by atoms with van der Waals surface area (Å²) >= 11 is 0. The molecule has 78 valence electrons. The molecule has 1 aromatic heterocycles. The minimum Gasteiger partial charge on any atom is -0.500 e. The first kappa shape index (κ1) is 10.8. The summed E-state index contributed by atoms with van der Waals surface area (Å²) in [6.07, 6.45) is 5.37. The lowest BCUT2D eigenvalue weighted by Gasteiger charge is -2.14. The molecule has 0 aliphatic rings. The van der Waals surface area contributed by atoms with Crippen LogP contribution in [0, 0.1) is 0 Å². The zero-order valence-electron chi connectivity index (χ0n) is 8.81. The Labute approximate surface area is 84.8 Å². The molecule has 0 unspecified atom stereocenters. The normalized spacial score (nSPS) is 10.5. The van der Waals surface area contributed by atoms with Crippen LogP contribution in [0.25, 0.3) is 0 Å². The summed E-state index contributed by atoms with van der Waals surface area (Å²) in [6, 6.07) is 0. The summed E-state index contributed by atoms with van der Waals surface area (Å²) in [4.78, 5) is 2.18. The fourth-order valence-electron chi connectivity index (χ4n) is 1.24. The van der Waals surface area contributed by atoms with Gasteiger partial charge in [-0.2, -0.15) is 5.10 Å². The number of nitrogens with zero attached hydrogens (tertiary/aromatic N) is 3. The SMILES string of the molecule is C=COCCN(C)Cc1cnn(C)c1. The van der Waals surface area contributed by atoms with Crippen molar-refractivity contribution in [1.82, 2.24) is 14.7 Å². The Kier molecular flexibility index (Phi) is 4.19. The second-order valence-electron chi connectivity index (χ2n) is 3.30. The van der Waals surface area contributed by atoms with Crippen LogP contribution in [0.2, 0.25) is 0 Å². The Morgan fingerprint density at radius 3 is 3.07 bits per heavy atom. The Morgan fingerprint density at radius 1 is 1.71 bits per heavy atom. The van der Waals surface area contributed by atoms with Crippen molar-refractivity contribution in [2.45, 2.75) is 6.54 Å². The van der Waals surface area contributed by atoms with Crippen molar-refractivity contribution in [1.29, 1.82) is 0 Å². The molecule has 0 spiro atoms. The predicted octanol–water partition coefficient (Wildman–Crippen LogP) is 1.01. The number of aromatic nitrogens is 2. The second-order valence-corrected chi connectivity index (χ2v) is 3.30. The number of aryl methyl sites for hydroxylation is 1. The Hall–Kier alpha value is -1.29. The fraction of sp³-hybridized carbons (Fsp3) is 0.500. The van der Waals surface area contributed by atoms with Gasteiger partial charge in [0.15, 0.2) is 0 Å². The van der Waals surface area contributed by atoms with E-state index < -0.39 is 0 Å². The van der Waals surface area contributed by atoms with Gasteiger partial charge in [-0.1, -0.05) is 6.58 Å². The first-order valence-electron chi connectivity index (χ1n) is 4.61. The molecule has 0 N–H and O–H groups in total. The molecule has 0 aromatic carbocycles. The zero-order chi connectivity index (χ0) is 10.4. The maximum Gasteiger partial charge on any atom is 0.0999 e. The molecule has 1 rings (SSSR count). The molecule has 0 saturated carbocycles. The number of hydrogen-bond acceptors (Lipinski definition) is 3. The van der Waals surface area contributed by atoms with Gasteiger partial charge in [0.25, 0.3) is 0 Å². The van der Waals surface area contributed by atoms with E-state index in [0.717, 1.165) is 13.1 Å². The summed E-state index contributed by atoms with van der Waals surface area (Å²) in [5.74, 6) is 0. The van der Waals surface area contributed by atoms with Gasteiger partial charge in [-0.05, 0) is 7.05 Å². The number of likely N-dealkylation sites (N-methyl/N-ethyl adjacent to an activating group) is 1. The molecule has 14 heavy (non-hydrogen) atoms. The highest BCUT2D eigenvalue weighted by Crippen LogP contribution is 2.00. The molecule has 1 heterocycles. The van der Waals surface area contributed by atoms with E-state index >= 15 is 0 Å². The highest BCUT2D eigenvalue weighted by atomic mass is 16.5. The smallest absolute Gasteiger partial charge is 0.0999 e. The van der Waals surface area contributed by atoms with Gasteiger partial charge >= 0.3 is 0 Å². The largest absolute Gasteiger partial charge is 0.500 e. The zero-order valence-corrected chi connectivity index (χ0v) is 8.81. The molecule has 0 aliphatic carbocycles. The minimum atomic E-state index is 0.681. The van der Waals surface area contributed by atoms with Crippen LogP contribution in [-0.4, -0.2) is 34.9 Å². The van der Waals surface area contributed by atoms with E-state index in [1.54, 1.807) is 0 Å². The Bertz CT molecular complexity index is 283. The maximum absolute atomic E-state index is 5.05. The first-order valence-corrected chi connectivity index (χ1v) is 4.61. The van der Waals surface area contributed by atoms with E-state index in [9.17, 15) is 0 Å². The maximum atomic E-state index is 5.05. The van der Waals surface area contributed by atoms with E-state index in [-0.39, 0.29) is 0 Å². The van der Waals surface area contributed by atoms with Crippen molar-refractivity contribution in [2.24, 2.45) is 7.05 Å². The highest BCUT2D eigenvalue weighted by molar-refractivity contribution is 5.02. The summed E-state index contributed by atoms with van der Waals surface area (Å²) in [7, 11) is 3.98. The van der Waals surface area contributed by atoms with E-state index in [1.807, 2.05) is 24.1 Å². The van der Waals surface area contributed by atoms with Gasteiger partial charge in [-0.3, -0.25) is 9.58 Å². The quantitative estimate of drug-likeness (QED) is 0.501. The lowest BCUT2D eigenvalue weighted by atomic mass is 10.3. The minimum absolute atomic E-state index is 0.681. The van der Waals surface area contributed by atoms with Crippen molar-refractivity contribution in [2.75, 3.05) is 20.2 Å². The van der Waals surface area contributed by atoms with E-state index in [1.165, 1.54) is 11.8 Å². The summed E-state index contributed by atoms with van der Waals surface area (Å²) in [5, 5.41) is 4.11. The third kappa shape index (κ3) is 3.62. The van der Waals surface area contributed by atoms with Gasteiger partial charge in [0.1, 0.15) is 0 Å². The average Bonchev–Trinajstić information content (AvgIpc) is 2.52. The third-order valence-electron chi connectivity index (χ3n) is 1.92. The highest BCUT2D eigenvalue weighted by Gasteiger charge is 2.01. The first-order chi connectivity index (χ1) is 6.72. The van der Waals surface area contributed by atoms with Gasteiger partial charge in [0.05, 0.1) is 19.1 Å². The molecular formula is C10H17N3O. The molecule has 0 saturated heterocycles. The molecule has 1 aromatic rings. The molecule has 4 heteroatoms. The molecular weight excluding hydrogens is 178 g/mol. The van der Waals surface area contributed by atoms with Gasteiger partial charge in [0.2, 0.25) is 0 Å². The van der Waals surface area contributed by atoms with Crippen molar-refractivity contribution in [3.8, 4) is 0 Å². The predicted molar refractivity (Wildman–Crippen MR) is 55.7 cm³/mol. The van der Waals surface area contributed by atoms with Gasteiger partial charge < -0.3 is 4.74 Å². The number of hydrogen-bond donors (Lipinski definition) is 0. The van der Waals surface area contributed by atoms with Crippen LogP contribution in [-0.2, 0) is 18.3 Å². The average molecular weight is 195 g/mol. The molecule has 0 amide bonds. The monoisotopic (exact) mass is 195 g/mol. The lowest BCUT2D eigenvalue weighted by molar-refractivity contribution is 0.194. The second kappa shape index (κ2) is 5.44.